The van der Waals surface area contributed by atoms with Gasteiger partial charge in [0.25, 0.3) is 0 Å². The van der Waals surface area contributed by atoms with E-state index in [1.165, 1.54) is 5.56 Å². The number of hydrogen-bond donors (Lipinski definition) is 1. The molecule has 2 aromatic heterocycles. The fourth-order valence-electron chi connectivity index (χ4n) is 2.26. The maximum absolute atomic E-state index is 5.96. The first-order valence-electron chi connectivity index (χ1n) is 6.72. The highest BCUT2D eigenvalue weighted by molar-refractivity contribution is 5.83. The van der Waals surface area contributed by atoms with Gasteiger partial charge >= 0.3 is 0 Å². The van der Waals surface area contributed by atoms with Gasteiger partial charge in [-0.1, -0.05) is 18.6 Å². The number of nitrogen functional groups attached to an aromatic ring is 1. The summed E-state index contributed by atoms with van der Waals surface area (Å²) < 4.78 is 5.90. The molecule has 4 heteroatoms. The highest BCUT2D eigenvalue weighted by Gasteiger charge is 2.14. The van der Waals surface area contributed by atoms with Gasteiger partial charge in [-0.05, 0) is 32.0 Å². The third-order valence-corrected chi connectivity index (χ3v) is 3.45. The van der Waals surface area contributed by atoms with Gasteiger partial charge in [0.1, 0.15) is 22.9 Å². The molecule has 0 radical (unpaired) electrons. The Hall–Kier alpha value is -2.36. The first-order valence-corrected chi connectivity index (χ1v) is 6.72. The molecule has 0 spiro atoms. The van der Waals surface area contributed by atoms with Crippen LogP contribution < -0.4 is 5.73 Å². The third kappa shape index (κ3) is 2.03. The summed E-state index contributed by atoms with van der Waals surface area (Å²) >= 11 is 0. The summed E-state index contributed by atoms with van der Waals surface area (Å²) in [6, 6.07) is 8.13. The number of furan rings is 1. The average molecular weight is 267 g/mol. The smallest absolute Gasteiger partial charge is 0.154 e. The second-order valence-corrected chi connectivity index (χ2v) is 5.00. The number of hydrogen-bond acceptors (Lipinski definition) is 4. The summed E-state index contributed by atoms with van der Waals surface area (Å²) in [7, 11) is 0. The SMILES string of the molecule is CCc1nc(N)c(C)c(-c2cc3cc(C)ccc3o2)n1. The van der Waals surface area contributed by atoms with E-state index in [0.29, 0.717) is 5.82 Å². The minimum atomic E-state index is 0.517. The van der Waals surface area contributed by atoms with Gasteiger partial charge in [-0.15, -0.1) is 0 Å². The van der Waals surface area contributed by atoms with Gasteiger partial charge < -0.3 is 10.2 Å². The lowest BCUT2D eigenvalue weighted by Crippen LogP contribution is -2.03. The molecule has 1 aromatic carbocycles. The van der Waals surface area contributed by atoms with E-state index in [0.717, 1.165) is 40.2 Å². The van der Waals surface area contributed by atoms with Crippen molar-refractivity contribution in [1.82, 2.24) is 9.97 Å². The van der Waals surface area contributed by atoms with Crippen LogP contribution in [0, 0.1) is 13.8 Å². The monoisotopic (exact) mass is 267 g/mol. The molecule has 0 atom stereocenters. The molecule has 0 aliphatic rings. The van der Waals surface area contributed by atoms with Gasteiger partial charge in [0.2, 0.25) is 0 Å². The number of nitrogens with two attached hydrogens (primary N) is 1. The first-order chi connectivity index (χ1) is 9.58. The molecular formula is C16H17N3O. The maximum atomic E-state index is 5.96. The maximum Gasteiger partial charge on any atom is 0.154 e. The summed E-state index contributed by atoms with van der Waals surface area (Å²) in [6.45, 7) is 5.99. The molecule has 3 rings (SSSR count). The Morgan fingerprint density at radius 1 is 1.15 bits per heavy atom. The van der Waals surface area contributed by atoms with Crippen molar-refractivity contribution in [3.63, 3.8) is 0 Å². The molecule has 0 bridgehead atoms. The van der Waals surface area contributed by atoms with Gasteiger partial charge in [-0.25, -0.2) is 9.97 Å². The lowest BCUT2D eigenvalue weighted by molar-refractivity contribution is 0.627. The normalized spacial score (nSPS) is 11.2. The van der Waals surface area contributed by atoms with Crippen molar-refractivity contribution in [2.24, 2.45) is 0 Å². The van der Waals surface area contributed by atoms with E-state index in [9.17, 15) is 0 Å². The Bertz CT molecular complexity index is 790. The molecular weight excluding hydrogens is 250 g/mol. The van der Waals surface area contributed by atoms with Gasteiger partial charge in [-0.2, -0.15) is 0 Å². The van der Waals surface area contributed by atoms with Crippen molar-refractivity contribution in [2.75, 3.05) is 5.73 Å². The van der Waals surface area contributed by atoms with Crippen LogP contribution >= 0.6 is 0 Å². The highest BCUT2D eigenvalue weighted by atomic mass is 16.3. The second-order valence-electron chi connectivity index (χ2n) is 5.00. The zero-order chi connectivity index (χ0) is 14.3. The Morgan fingerprint density at radius 2 is 1.95 bits per heavy atom. The van der Waals surface area contributed by atoms with Crippen LogP contribution in [-0.4, -0.2) is 9.97 Å². The fraction of sp³-hybridized carbons (Fsp3) is 0.250. The standard InChI is InChI=1S/C16H17N3O/c1-4-14-18-15(10(3)16(17)19-14)13-8-11-7-9(2)5-6-12(11)20-13/h5-8H,4H2,1-3H3,(H2,17,18,19). The Balaban J connectivity index is 2.22. The van der Waals surface area contributed by atoms with E-state index in [1.54, 1.807) is 0 Å². The molecule has 0 saturated heterocycles. The zero-order valence-electron chi connectivity index (χ0n) is 11.9. The van der Waals surface area contributed by atoms with Crippen LogP contribution in [0.25, 0.3) is 22.4 Å². The molecule has 2 N–H and O–H groups in total. The topological polar surface area (TPSA) is 64.9 Å². The van der Waals surface area contributed by atoms with Gasteiger partial charge in [0.05, 0.1) is 0 Å². The van der Waals surface area contributed by atoms with Crippen LogP contribution in [0.1, 0.15) is 23.9 Å². The molecule has 4 nitrogen and oxygen atoms in total. The molecule has 0 aliphatic carbocycles. The minimum absolute atomic E-state index is 0.517. The summed E-state index contributed by atoms with van der Waals surface area (Å²) in [4.78, 5) is 8.83. The highest BCUT2D eigenvalue weighted by Crippen LogP contribution is 2.30. The van der Waals surface area contributed by atoms with Crippen molar-refractivity contribution in [2.45, 2.75) is 27.2 Å². The second kappa shape index (κ2) is 4.63. The van der Waals surface area contributed by atoms with Crippen LogP contribution in [-0.2, 0) is 6.42 Å². The number of fused-ring (bicyclic) bond motifs is 1. The van der Waals surface area contributed by atoms with Crippen LogP contribution in [0.15, 0.2) is 28.7 Å². The number of aryl methyl sites for hydroxylation is 2. The number of aromatic nitrogens is 2. The van der Waals surface area contributed by atoms with Gasteiger partial charge in [0, 0.05) is 17.4 Å². The molecule has 0 fully saturated rings. The Labute approximate surface area is 117 Å². The van der Waals surface area contributed by atoms with E-state index < -0.39 is 0 Å². The summed E-state index contributed by atoms with van der Waals surface area (Å²) in [5.41, 5.74) is 9.67. The fourth-order valence-corrected chi connectivity index (χ4v) is 2.26. The molecule has 0 amide bonds. The van der Waals surface area contributed by atoms with Crippen molar-refractivity contribution in [1.29, 1.82) is 0 Å². The quantitative estimate of drug-likeness (QED) is 0.769. The predicted molar refractivity (Wildman–Crippen MR) is 80.5 cm³/mol. The van der Waals surface area contributed by atoms with Crippen LogP contribution in [0.5, 0.6) is 0 Å². The number of anilines is 1. The van der Waals surface area contributed by atoms with Crippen molar-refractivity contribution in [3.8, 4) is 11.5 Å². The van der Waals surface area contributed by atoms with E-state index in [1.807, 2.05) is 32.0 Å². The average Bonchev–Trinajstić information content (AvgIpc) is 2.84. The van der Waals surface area contributed by atoms with Gasteiger partial charge in [0.15, 0.2) is 5.76 Å². The van der Waals surface area contributed by atoms with Crippen molar-refractivity contribution < 1.29 is 4.42 Å². The first kappa shape index (κ1) is 12.7. The van der Waals surface area contributed by atoms with E-state index in [4.69, 9.17) is 10.2 Å². The lowest BCUT2D eigenvalue weighted by atomic mass is 10.1. The number of benzene rings is 1. The summed E-state index contributed by atoms with van der Waals surface area (Å²) in [6.07, 6.45) is 0.747. The van der Waals surface area contributed by atoms with Crippen molar-refractivity contribution in [3.05, 3.63) is 41.2 Å². The molecule has 0 saturated carbocycles. The summed E-state index contributed by atoms with van der Waals surface area (Å²) in [5.74, 6) is 2.00. The largest absolute Gasteiger partial charge is 0.454 e. The number of nitrogens with zero attached hydrogens (tertiary/aromatic N) is 2. The molecule has 3 aromatic rings. The zero-order valence-corrected chi connectivity index (χ0v) is 11.9. The van der Waals surface area contributed by atoms with Crippen molar-refractivity contribution >= 4 is 16.8 Å². The molecule has 20 heavy (non-hydrogen) atoms. The minimum Gasteiger partial charge on any atom is -0.454 e. The number of rotatable bonds is 2. The molecule has 2 heterocycles. The Kier molecular flexibility index (Phi) is 2.93. The van der Waals surface area contributed by atoms with E-state index >= 15 is 0 Å². The van der Waals surface area contributed by atoms with E-state index in [2.05, 4.69) is 23.0 Å². The summed E-state index contributed by atoms with van der Waals surface area (Å²) in [5, 5.41) is 1.08. The molecule has 102 valence electrons. The third-order valence-electron chi connectivity index (χ3n) is 3.45. The predicted octanol–water partition coefficient (Wildman–Crippen LogP) is 3.65. The van der Waals surface area contributed by atoms with Gasteiger partial charge in [-0.3, -0.25) is 0 Å². The van der Waals surface area contributed by atoms with Crippen LogP contribution in [0.3, 0.4) is 0 Å². The lowest BCUT2D eigenvalue weighted by Gasteiger charge is -2.06. The molecule has 0 unspecified atom stereocenters. The Morgan fingerprint density at radius 3 is 2.70 bits per heavy atom. The van der Waals surface area contributed by atoms with E-state index in [-0.39, 0.29) is 0 Å². The van der Waals surface area contributed by atoms with Crippen LogP contribution in [0.2, 0.25) is 0 Å². The van der Waals surface area contributed by atoms with Crippen LogP contribution in [0.4, 0.5) is 5.82 Å². The molecule has 0 aliphatic heterocycles.